The van der Waals surface area contributed by atoms with Crippen molar-refractivity contribution in [3.63, 3.8) is 0 Å². The number of carbonyl (C=O) groups is 1. The molecular formula is C18H22N2O3S. The highest BCUT2D eigenvalue weighted by Gasteiger charge is 2.24. The van der Waals surface area contributed by atoms with E-state index in [9.17, 15) is 9.90 Å². The van der Waals surface area contributed by atoms with Gasteiger partial charge < -0.3 is 14.7 Å². The topological polar surface area (TPSA) is 62.7 Å². The van der Waals surface area contributed by atoms with Gasteiger partial charge in [0, 0.05) is 29.8 Å². The summed E-state index contributed by atoms with van der Waals surface area (Å²) in [5.74, 6) is 0.146. The number of para-hydroxylation sites is 1. The fraction of sp³-hybridized carbons (Fsp3) is 0.444. The third-order valence-corrected chi connectivity index (χ3v) is 5.08. The number of aromatic hydroxyl groups is 1. The lowest BCUT2D eigenvalue weighted by molar-refractivity contribution is -0.132. The maximum Gasteiger partial charge on any atom is 0.227 e. The number of phenols is 1. The molecule has 2 heterocycles. The van der Waals surface area contributed by atoms with Crippen molar-refractivity contribution in [2.24, 2.45) is 0 Å². The minimum Gasteiger partial charge on any atom is -0.508 e. The van der Waals surface area contributed by atoms with Gasteiger partial charge in [-0.1, -0.05) is 18.2 Å². The van der Waals surface area contributed by atoms with E-state index >= 15 is 0 Å². The lowest BCUT2D eigenvalue weighted by atomic mass is 10.1. The Hall–Kier alpha value is -1.92. The molecule has 0 spiro atoms. The maximum atomic E-state index is 12.8. The van der Waals surface area contributed by atoms with Gasteiger partial charge in [-0.3, -0.25) is 4.79 Å². The molecule has 1 N–H and O–H groups in total. The van der Waals surface area contributed by atoms with E-state index < -0.39 is 0 Å². The highest BCUT2D eigenvalue weighted by molar-refractivity contribution is 7.09. The Morgan fingerprint density at radius 1 is 1.46 bits per heavy atom. The molecule has 2 aromatic rings. The zero-order valence-electron chi connectivity index (χ0n) is 13.8. The first-order valence-electron chi connectivity index (χ1n) is 8.19. The molecular weight excluding hydrogens is 324 g/mol. The first-order valence-corrected chi connectivity index (χ1v) is 9.07. The van der Waals surface area contributed by atoms with E-state index in [0.717, 1.165) is 30.2 Å². The number of hydrogen-bond acceptors (Lipinski definition) is 5. The smallest absolute Gasteiger partial charge is 0.227 e. The number of amides is 1. The summed E-state index contributed by atoms with van der Waals surface area (Å²) in [6.45, 7) is 3.78. The Morgan fingerprint density at radius 3 is 2.96 bits per heavy atom. The number of nitrogens with zero attached hydrogens (tertiary/aromatic N) is 2. The van der Waals surface area contributed by atoms with Crippen molar-refractivity contribution in [1.82, 2.24) is 9.88 Å². The number of rotatable bonds is 6. The van der Waals surface area contributed by atoms with E-state index in [1.165, 1.54) is 0 Å². The molecule has 0 saturated carbocycles. The van der Waals surface area contributed by atoms with Gasteiger partial charge in [0.2, 0.25) is 5.91 Å². The second-order valence-electron chi connectivity index (χ2n) is 6.10. The standard InChI is InChI=1S/C18H22N2O3S/c1-13-12-24-17(19-13)11-20(10-15-6-4-8-23-15)18(22)9-14-5-2-3-7-16(14)21/h2-3,5,7,12,15,21H,4,6,8-11H2,1H3/t15-/m1/s1. The number of carbonyl (C=O) groups excluding carboxylic acids is 1. The third kappa shape index (κ3) is 4.33. The van der Waals surface area contributed by atoms with Crippen LogP contribution >= 0.6 is 11.3 Å². The summed E-state index contributed by atoms with van der Waals surface area (Å²) in [5.41, 5.74) is 1.62. The number of aromatic nitrogens is 1. The lowest BCUT2D eigenvalue weighted by Gasteiger charge is -2.25. The van der Waals surface area contributed by atoms with Crippen LogP contribution in [0, 0.1) is 6.92 Å². The lowest BCUT2D eigenvalue weighted by Crippen LogP contribution is -2.37. The Bertz CT molecular complexity index is 695. The van der Waals surface area contributed by atoms with Crippen LogP contribution in [0.1, 0.15) is 29.1 Å². The average molecular weight is 346 g/mol. The van der Waals surface area contributed by atoms with Gasteiger partial charge >= 0.3 is 0 Å². The minimum atomic E-state index is -0.0140. The second-order valence-corrected chi connectivity index (χ2v) is 7.04. The molecule has 5 nitrogen and oxygen atoms in total. The van der Waals surface area contributed by atoms with E-state index in [2.05, 4.69) is 4.98 Å². The molecule has 0 unspecified atom stereocenters. The van der Waals surface area contributed by atoms with Crippen LogP contribution in [0.2, 0.25) is 0 Å². The van der Waals surface area contributed by atoms with Gasteiger partial charge in [-0.05, 0) is 25.8 Å². The molecule has 0 aliphatic carbocycles. The van der Waals surface area contributed by atoms with E-state index in [1.54, 1.807) is 34.4 Å². The summed E-state index contributed by atoms with van der Waals surface area (Å²) < 4.78 is 5.69. The molecule has 128 valence electrons. The number of aryl methyl sites for hydroxylation is 1. The number of phenolic OH excluding ortho intramolecular Hbond substituents is 1. The van der Waals surface area contributed by atoms with Gasteiger partial charge in [-0.25, -0.2) is 4.98 Å². The second kappa shape index (κ2) is 7.77. The Morgan fingerprint density at radius 2 is 2.29 bits per heavy atom. The molecule has 1 saturated heterocycles. The van der Waals surface area contributed by atoms with Crippen LogP contribution in [0.25, 0.3) is 0 Å². The van der Waals surface area contributed by atoms with Gasteiger partial charge in [0.05, 0.1) is 19.1 Å². The first-order chi connectivity index (χ1) is 11.6. The molecule has 1 aromatic heterocycles. The number of hydrogen-bond donors (Lipinski definition) is 1. The Kier molecular flexibility index (Phi) is 5.48. The Balaban J connectivity index is 1.72. The van der Waals surface area contributed by atoms with Crippen molar-refractivity contribution in [2.45, 2.75) is 38.8 Å². The van der Waals surface area contributed by atoms with Crippen LogP contribution in [0.4, 0.5) is 0 Å². The number of thiazole rings is 1. The van der Waals surface area contributed by atoms with Crippen LogP contribution in [-0.2, 0) is 22.5 Å². The molecule has 1 atom stereocenters. The third-order valence-electron chi connectivity index (χ3n) is 4.13. The zero-order valence-corrected chi connectivity index (χ0v) is 14.6. The van der Waals surface area contributed by atoms with Gasteiger partial charge in [-0.15, -0.1) is 11.3 Å². The highest BCUT2D eigenvalue weighted by atomic mass is 32.1. The fourth-order valence-corrected chi connectivity index (χ4v) is 3.65. The number of benzene rings is 1. The van der Waals surface area contributed by atoms with Crippen molar-refractivity contribution in [1.29, 1.82) is 0 Å². The molecule has 1 aliphatic heterocycles. The molecule has 1 aromatic carbocycles. The van der Waals surface area contributed by atoms with Crippen LogP contribution in [-0.4, -0.2) is 40.2 Å². The minimum absolute atomic E-state index is 0.0140. The molecule has 1 amide bonds. The van der Waals surface area contributed by atoms with Crippen molar-refractivity contribution in [3.05, 3.63) is 45.9 Å². The Labute approximate surface area is 145 Å². The maximum absolute atomic E-state index is 12.8. The number of ether oxygens (including phenoxy) is 1. The van der Waals surface area contributed by atoms with Gasteiger partial charge in [0.1, 0.15) is 10.8 Å². The zero-order chi connectivity index (χ0) is 16.9. The molecule has 0 bridgehead atoms. The van der Waals surface area contributed by atoms with Crippen molar-refractivity contribution >= 4 is 17.2 Å². The van der Waals surface area contributed by atoms with E-state index in [-0.39, 0.29) is 24.2 Å². The van der Waals surface area contributed by atoms with Gasteiger partial charge in [0.15, 0.2) is 0 Å². The normalized spacial score (nSPS) is 17.1. The molecule has 1 aliphatic rings. The summed E-state index contributed by atoms with van der Waals surface area (Å²) in [6.07, 6.45) is 2.31. The summed E-state index contributed by atoms with van der Waals surface area (Å²) in [7, 11) is 0. The van der Waals surface area contributed by atoms with Crippen LogP contribution in [0.3, 0.4) is 0 Å². The highest BCUT2D eigenvalue weighted by Crippen LogP contribution is 2.20. The molecule has 6 heteroatoms. The summed E-state index contributed by atoms with van der Waals surface area (Å²) in [6, 6.07) is 6.98. The van der Waals surface area contributed by atoms with Crippen LogP contribution in [0.5, 0.6) is 5.75 Å². The van der Waals surface area contributed by atoms with E-state index in [1.807, 2.05) is 18.4 Å². The fourth-order valence-electron chi connectivity index (χ4n) is 2.86. The predicted octanol–water partition coefficient (Wildman–Crippen LogP) is 2.91. The largest absolute Gasteiger partial charge is 0.508 e. The SMILES string of the molecule is Cc1csc(CN(C[C@H]2CCCO2)C(=O)Cc2ccccc2O)n1. The molecule has 0 radical (unpaired) electrons. The van der Waals surface area contributed by atoms with Crippen molar-refractivity contribution < 1.29 is 14.6 Å². The van der Waals surface area contributed by atoms with Crippen LogP contribution < -0.4 is 0 Å². The van der Waals surface area contributed by atoms with Gasteiger partial charge in [-0.2, -0.15) is 0 Å². The van der Waals surface area contributed by atoms with Crippen molar-refractivity contribution in [2.75, 3.05) is 13.2 Å². The van der Waals surface area contributed by atoms with Crippen molar-refractivity contribution in [3.8, 4) is 5.75 Å². The average Bonchev–Trinajstić information content (AvgIpc) is 3.21. The quantitative estimate of drug-likeness (QED) is 0.873. The van der Waals surface area contributed by atoms with E-state index in [4.69, 9.17) is 4.74 Å². The first kappa shape index (κ1) is 16.9. The van der Waals surface area contributed by atoms with Gasteiger partial charge in [0.25, 0.3) is 0 Å². The monoisotopic (exact) mass is 346 g/mol. The van der Waals surface area contributed by atoms with Crippen LogP contribution in [0.15, 0.2) is 29.6 Å². The van der Waals surface area contributed by atoms with E-state index in [0.29, 0.717) is 18.7 Å². The summed E-state index contributed by atoms with van der Waals surface area (Å²) in [5, 5.41) is 12.8. The molecule has 3 rings (SSSR count). The summed E-state index contributed by atoms with van der Waals surface area (Å²) in [4.78, 5) is 19.1. The predicted molar refractivity (Wildman–Crippen MR) is 93.1 cm³/mol. The molecule has 24 heavy (non-hydrogen) atoms. The molecule has 1 fully saturated rings. The summed E-state index contributed by atoms with van der Waals surface area (Å²) >= 11 is 1.57.